The van der Waals surface area contributed by atoms with Crippen LogP contribution in [0.15, 0.2) is 36.4 Å². The van der Waals surface area contributed by atoms with Crippen molar-refractivity contribution >= 4 is 17.4 Å². The first kappa shape index (κ1) is 17.0. The summed E-state index contributed by atoms with van der Waals surface area (Å²) < 4.78 is 38.4. The van der Waals surface area contributed by atoms with Gasteiger partial charge in [0.2, 0.25) is 5.82 Å². The Morgan fingerprint density at radius 2 is 1.67 bits per heavy atom. The molecule has 3 rings (SSSR count). The van der Waals surface area contributed by atoms with Crippen LogP contribution in [0.1, 0.15) is 11.4 Å². The third kappa shape index (κ3) is 4.15. The van der Waals surface area contributed by atoms with Crippen molar-refractivity contribution in [2.45, 2.75) is 12.7 Å². The zero-order valence-corrected chi connectivity index (χ0v) is 13.6. The van der Waals surface area contributed by atoms with Gasteiger partial charge in [-0.3, -0.25) is 4.90 Å². The molecule has 24 heavy (non-hydrogen) atoms. The summed E-state index contributed by atoms with van der Waals surface area (Å²) in [5.74, 6) is -0.974. The lowest BCUT2D eigenvalue weighted by atomic mass is 10.2. The molecule has 0 unspecified atom stereocenters. The van der Waals surface area contributed by atoms with Crippen molar-refractivity contribution in [3.63, 3.8) is 0 Å². The SMILES string of the molecule is FC(F)(F)c1nc(Cl)cc(N2CCN(Cc3ccccc3)CC2)n1. The van der Waals surface area contributed by atoms with Gasteiger partial charge in [0.05, 0.1) is 0 Å². The molecule has 1 saturated heterocycles. The molecule has 1 fully saturated rings. The van der Waals surface area contributed by atoms with Crippen molar-refractivity contribution in [1.82, 2.24) is 14.9 Å². The molecule has 0 radical (unpaired) electrons. The van der Waals surface area contributed by atoms with Crippen LogP contribution in [0, 0.1) is 0 Å². The second-order valence-electron chi connectivity index (χ2n) is 5.62. The van der Waals surface area contributed by atoms with Gasteiger partial charge in [0, 0.05) is 38.8 Å². The van der Waals surface area contributed by atoms with Crippen LogP contribution in [0.3, 0.4) is 0 Å². The summed E-state index contributed by atoms with van der Waals surface area (Å²) in [5.41, 5.74) is 1.22. The number of hydrogen-bond donors (Lipinski definition) is 0. The minimum atomic E-state index is -4.60. The molecule has 1 aliphatic heterocycles. The van der Waals surface area contributed by atoms with Crippen molar-refractivity contribution in [3.8, 4) is 0 Å². The van der Waals surface area contributed by atoms with Gasteiger partial charge in [-0.05, 0) is 5.56 Å². The third-order valence-electron chi connectivity index (χ3n) is 3.88. The van der Waals surface area contributed by atoms with Gasteiger partial charge in [0.1, 0.15) is 11.0 Å². The maximum absolute atomic E-state index is 12.8. The lowest BCUT2D eigenvalue weighted by Crippen LogP contribution is -2.46. The Balaban J connectivity index is 1.65. The zero-order valence-electron chi connectivity index (χ0n) is 12.8. The van der Waals surface area contributed by atoms with Crippen molar-refractivity contribution < 1.29 is 13.2 Å². The molecule has 2 aromatic rings. The van der Waals surface area contributed by atoms with Gasteiger partial charge in [-0.2, -0.15) is 13.2 Å². The topological polar surface area (TPSA) is 32.3 Å². The number of benzene rings is 1. The van der Waals surface area contributed by atoms with E-state index in [9.17, 15) is 13.2 Å². The maximum Gasteiger partial charge on any atom is 0.451 e. The second kappa shape index (κ2) is 6.94. The number of aromatic nitrogens is 2. The van der Waals surface area contributed by atoms with Crippen LogP contribution in [-0.4, -0.2) is 41.0 Å². The van der Waals surface area contributed by atoms with Gasteiger partial charge in [-0.15, -0.1) is 0 Å². The average molecular weight is 357 g/mol. The summed E-state index contributed by atoms with van der Waals surface area (Å²) in [7, 11) is 0. The summed E-state index contributed by atoms with van der Waals surface area (Å²) >= 11 is 5.72. The Morgan fingerprint density at radius 3 is 2.29 bits per heavy atom. The summed E-state index contributed by atoms with van der Waals surface area (Å²) in [6.45, 7) is 3.51. The minimum Gasteiger partial charge on any atom is -0.354 e. The van der Waals surface area contributed by atoms with Crippen LogP contribution >= 0.6 is 11.6 Å². The van der Waals surface area contributed by atoms with E-state index in [1.165, 1.54) is 11.6 Å². The highest BCUT2D eigenvalue weighted by Crippen LogP contribution is 2.29. The highest BCUT2D eigenvalue weighted by atomic mass is 35.5. The normalized spacial score (nSPS) is 16.4. The fourth-order valence-corrected chi connectivity index (χ4v) is 2.85. The van der Waals surface area contributed by atoms with Crippen LogP contribution in [0.4, 0.5) is 19.0 Å². The van der Waals surface area contributed by atoms with E-state index in [1.54, 1.807) is 0 Å². The van der Waals surface area contributed by atoms with E-state index in [0.717, 1.165) is 19.6 Å². The number of nitrogens with zero attached hydrogens (tertiary/aromatic N) is 4. The second-order valence-corrected chi connectivity index (χ2v) is 6.01. The molecule has 128 valence electrons. The fraction of sp³-hybridized carbons (Fsp3) is 0.375. The van der Waals surface area contributed by atoms with E-state index >= 15 is 0 Å². The Morgan fingerprint density at radius 1 is 1.00 bits per heavy atom. The van der Waals surface area contributed by atoms with Crippen molar-refractivity contribution in [2.75, 3.05) is 31.1 Å². The molecule has 0 saturated carbocycles. The summed E-state index contributed by atoms with van der Waals surface area (Å²) in [6, 6.07) is 11.5. The first-order chi connectivity index (χ1) is 11.4. The molecule has 8 heteroatoms. The molecule has 0 atom stereocenters. The number of alkyl halides is 3. The lowest BCUT2D eigenvalue weighted by Gasteiger charge is -2.35. The molecular weight excluding hydrogens is 341 g/mol. The molecular formula is C16H16ClF3N4. The standard InChI is InChI=1S/C16H16ClF3N4/c17-13-10-14(22-15(21-13)16(18,19)20)24-8-6-23(7-9-24)11-12-4-2-1-3-5-12/h1-5,10H,6-9,11H2. The summed E-state index contributed by atoms with van der Waals surface area (Å²) in [4.78, 5) is 11.0. The highest BCUT2D eigenvalue weighted by Gasteiger charge is 2.36. The predicted octanol–water partition coefficient (Wildman–Crippen LogP) is 3.47. The third-order valence-corrected chi connectivity index (χ3v) is 4.07. The fourth-order valence-electron chi connectivity index (χ4n) is 2.67. The number of rotatable bonds is 3. The zero-order chi connectivity index (χ0) is 17.2. The van der Waals surface area contributed by atoms with Crippen LogP contribution in [0.25, 0.3) is 0 Å². The molecule has 2 heterocycles. The van der Waals surface area contributed by atoms with E-state index < -0.39 is 12.0 Å². The van der Waals surface area contributed by atoms with Gasteiger partial charge in [0.15, 0.2) is 0 Å². The molecule has 0 aliphatic carbocycles. The summed E-state index contributed by atoms with van der Waals surface area (Å²) in [6.07, 6.45) is -4.60. The van der Waals surface area contributed by atoms with Gasteiger partial charge in [-0.1, -0.05) is 41.9 Å². The van der Waals surface area contributed by atoms with Gasteiger partial charge in [-0.25, -0.2) is 9.97 Å². The Hall–Kier alpha value is -1.86. The molecule has 1 aromatic heterocycles. The predicted molar refractivity (Wildman–Crippen MR) is 86.0 cm³/mol. The number of hydrogen-bond acceptors (Lipinski definition) is 4. The van der Waals surface area contributed by atoms with E-state index in [0.29, 0.717) is 13.1 Å². The van der Waals surface area contributed by atoms with Gasteiger partial charge in [0.25, 0.3) is 0 Å². The van der Waals surface area contributed by atoms with Crippen molar-refractivity contribution in [1.29, 1.82) is 0 Å². The Labute approximate surface area is 142 Å². The molecule has 0 spiro atoms. The Kier molecular flexibility index (Phi) is 4.91. The van der Waals surface area contributed by atoms with Crippen LogP contribution in [-0.2, 0) is 12.7 Å². The van der Waals surface area contributed by atoms with E-state index in [1.807, 2.05) is 23.1 Å². The average Bonchev–Trinajstić information content (AvgIpc) is 2.55. The maximum atomic E-state index is 12.8. The number of anilines is 1. The quantitative estimate of drug-likeness (QED) is 0.788. The van der Waals surface area contributed by atoms with Gasteiger partial charge < -0.3 is 4.90 Å². The van der Waals surface area contributed by atoms with Crippen LogP contribution < -0.4 is 4.90 Å². The molecule has 1 aliphatic rings. The van der Waals surface area contributed by atoms with E-state index in [-0.39, 0.29) is 11.0 Å². The first-order valence-electron chi connectivity index (χ1n) is 7.55. The number of halogens is 4. The highest BCUT2D eigenvalue weighted by molar-refractivity contribution is 6.29. The smallest absolute Gasteiger partial charge is 0.354 e. The molecule has 0 amide bonds. The lowest BCUT2D eigenvalue weighted by molar-refractivity contribution is -0.144. The molecule has 4 nitrogen and oxygen atoms in total. The van der Waals surface area contributed by atoms with Crippen LogP contribution in [0.5, 0.6) is 0 Å². The molecule has 0 N–H and O–H groups in total. The number of piperazine rings is 1. The van der Waals surface area contributed by atoms with E-state index in [2.05, 4.69) is 27.0 Å². The summed E-state index contributed by atoms with van der Waals surface area (Å²) in [5, 5.41) is -0.195. The largest absolute Gasteiger partial charge is 0.451 e. The monoisotopic (exact) mass is 356 g/mol. The van der Waals surface area contributed by atoms with Crippen molar-refractivity contribution in [2.24, 2.45) is 0 Å². The van der Waals surface area contributed by atoms with E-state index in [4.69, 9.17) is 11.6 Å². The Bertz CT molecular complexity index is 685. The van der Waals surface area contributed by atoms with Crippen LogP contribution in [0.2, 0.25) is 5.15 Å². The van der Waals surface area contributed by atoms with Crippen molar-refractivity contribution in [3.05, 3.63) is 52.9 Å². The minimum absolute atomic E-state index is 0.195. The first-order valence-corrected chi connectivity index (χ1v) is 7.92. The molecule has 0 bridgehead atoms. The molecule has 1 aromatic carbocycles. The van der Waals surface area contributed by atoms with Gasteiger partial charge >= 0.3 is 6.18 Å².